The average molecular weight is 1190 g/mol. The number of hydrogen-bond acceptors (Lipinski definition) is 13. The molecule has 2 aliphatic carbocycles. The van der Waals surface area contributed by atoms with E-state index >= 15 is 0 Å². The number of halogens is 2. The van der Waals surface area contributed by atoms with Crippen LogP contribution in [0.2, 0.25) is 5.02 Å². The number of imide groups is 1. The highest BCUT2D eigenvalue weighted by atomic mass is 79.9. The number of anilines is 2. The molecule has 0 aromatic heterocycles. The van der Waals surface area contributed by atoms with E-state index in [0.29, 0.717) is 49.3 Å². The largest absolute Gasteiger partial charge is 0.384 e. The van der Waals surface area contributed by atoms with Crippen LogP contribution in [0.5, 0.6) is 0 Å². The van der Waals surface area contributed by atoms with Crippen LogP contribution in [0.3, 0.4) is 0 Å². The minimum Gasteiger partial charge on any atom is -0.384 e. The first-order valence-corrected chi connectivity index (χ1v) is 31.8. The van der Waals surface area contributed by atoms with Crippen molar-refractivity contribution >= 4 is 88.0 Å². The lowest BCUT2D eigenvalue weighted by molar-refractivity contribution is -0.136. The fraction of sp³-hybridized carbons (Fsp3) is 0.483. The Morgan fingerprint density at radius 3 is 2.15 bits per heavy atom. The first-order chi connectivity index (χ1) is 37.2. The minimum atomic E-state index is -4.43. The Bertz CT molecular complexity index is 3220. The Morgan fingerprint density at radius 2 is 1.47 bits per heavy atom. The van der Waals surface area contributed by atoms with Crippen molar-refractivity contribution in [2.45, 2.75) is 107 Å². The molecule has 78 heavy (non-hydrogen) atoms. The summed E-state index contributed by atoms with van der Waals surface area (Å²) in [5, 5.41) is 6.42. The second-order valence-electron chi connectivity index (χ2n) is 23.0. The van der Waals surface area contributed by atoms with E-state index in [9.17, 15) is 36.0 Å². The number of allylic oxidation sites excluding steroid dienone is 1. The molecule has 4 aromatic carbocycles. The van der Waals surface area contributed by atoms with Gasteiger partial charge in [0.15, 0.2) is 9.84 Å². The zero-order valence-electron chi connectivity index (χ0n) is 44.7. The highest BCUT2D eigenvalue weighted by Gasteiger charge is 2.40. The van der Waals surface area contributed by atoms with Gasteiger partial charge in [-0.25, -0.2) is 21.6 Å². The van der Waals surface area contributed by atoms with Crippen molar-refractivity contribution in [1.29, 1.82) is 0 Å². The van der Waals surface area contributed by atoms with Gasteiger partial charge in [-0.2, -0.15) is 0 Å². The standard InChI is InChI=1S/C58H70BrClN8O8S2/c1-58(2)21-20-47(40-6-10-43(60)11-7-40)42(33-58)36-65-24-28-67(29-25-65)45-14-8-41(9-15-45)55(70)63-78(75,76)46-16-17-51(53(32-46)77(3,73)74)61-34-38-4-12-44(13-5-38)66-26-22-64(23-27-66)35-39-30-48-49(50(59)31-39)37-68(57(48)72)52-18-19-54(69)62-56(52)71/h6-11,14-17,30-32,38,44,52,61H,4-5,12-13,18-29,33-37H2,1-3H3,(H,63,70)(H,62,69,71)/t38-,44-,52?. The van der Waals surface area contributed by atoms with E-state index in [1.807, 2.05) is 30.3 Å². The summed E-state index contributed by atoms with van der Waals surface area (Å²) in [4.78, 5) is 62.0. The van der Waals surface area contributed by atoms with Gasteiger partial charge in [-0.3, -0.25) is 39.2 Å². The molecular formula is C58H70BrClN8O8S2. The Kier molecular flexibility index (Phi) is 16.7. The third kappa shape index (κ3) is 12.9. The van der Waals surface area contributed by atoms with Gasteiger partial charge < -0.3 is 15.1 Å². The van der Waals surface area contributed by atoms with Crippen molar-refractivity contribution in [3.63, 3.8) is 0 Å². The number of rotatable bonds is 15. The number of sulfonamides is 1. The van der Waals surface area contributed by atoms with Gasteiger partial charge in [0.2, 0.25) is 11.8 Å². The van der Waals surface area contributed by atoms with Crippen LogP contribution >= 0.6 is 27.5 Å². The predicted molar refractivity (Wildman–Crippen MR) is 307 cm³/mol. The monoisotopic (exact) mass is 1180 g/mol. The van der Waals surface area contributed by atoms with Gasteiger partial charge in [0.25, 0.3) is 21.8 Å². The molecule has 0 radical (unpaired) electrons. The lowest BCUT2D eigenvalue weighted by Gasteiger charge is -2.42. The summed E-state index contributed by atoms with van der Waals surface area (Å²) in [5.41, 5.74) is 8.36. The third-order valence-corrected chi connectivity index (χ3v) is 20.3. The molecule has 0 bridgehead atoms. The Balaban J connectivity index is 0.675. The Labute approximate surface area is 472 Å². The zero-order valence-corrected chi connectivity index (χ0v) is 48.6. The summed E-state index contributed by atoms with van der Waals surface area (Å²) in [7, 11) is -8.30. The first-order valence-electron chi connectivity index (χ1n) is 27.3. The Hall–Kier alpha value is -5.15. The smallest absolute Gasteiger partial charge is 0.264 e. The number of carbonyl (C=O) groups excluding carboxylic acids is 4. The highest BCUT2D eigenvalue weighted by Crippen LogP contribution is 2.43. The van der Waals surface area contributed by atoms with Crippen molar-refractivity contribution in [1.82, 2.24) is 29.6 Å². The molecule has 1 unspecified atom stereocenters. The van der Waals surface area contributed by atoms with Crippen LogP contribution in [0.4, 0.5) is 11.4 Å². The van der Waals surface area contributed by atoms with Gasteiger partial charge >= 0.3 is 0 Å². The normalized spacial score (nSPS) is 22.8. The number of sulfone groups is 1. The molecule has 1 saturated carbocycles. The van der Waals surface area contributed by atoms with E-state index in [0.717, 1.165) is 142 Å². The SMILES string of the molecule is CC1(C)CCC(c2ccc(Cl)cc2)=C(CN2CCN(c3ccc(C(=O)NS(=O)(=O)c4ccc(NC[C@H]5CC[C@H](N6CCN(Cc7cc(Br)c8c(c7)C(=O)N(C7CCC(=O)NC7=O)C8)CC6)CC5)c(S(C)(=O)=O)c4)cc3)CC2)C1. The molecule has 16 nitrogen and oxygen atoms in total. The molecule has 20 heteroatoms. The van der Waals surface area contributed by atoms with Gasteiger partial charge in [-0.15, -0.1) is 0 Å². The van der Waals surface area contributed by atoms with E-state index in [1.165, 1.54) is 28.8 Å². The molecule has 416 valence electrons. The molecule has 3 N–H and O–H groups in total. The van der Waals surface area contributed by atoms with Crippen molar-refractivity contribution in [3.05, 3.63) is 122 Å². The number of piperidine rings is 1. The number of nitrogens with zero attached hydrogens (tertiary/aromatic N) is 5. The van der Waals surface area contributed by atoms with Crippen LogP contribution < -0.4 is 20.3 Å². The van der Waals surface area contributed by atoms with Gasteiger partial charge in [0.1, 0.15) is 6.04 Å². The van der Waals surface area contributed by atoms with Crippen LogP contribution in [0.1, 0.15) is 109 Å². The Morgan fingerprint density at radius 1 is 0.795 bits per heavy atom. The second-order valence-corrected chi connectivity index (χ2v) is 27.9. The molecule has 1 atom stereocenters. The van der Waals surface area contributed by atoms with E-state index < -0.39 is 37.7 Å². The van der Waals surface area contributed by atoms with Crippen molar-refractivity contribution in [2.24, 2.45) is 11.3 Å². The average Bonchev–Trinajstić information content (AvgIpc) is 3.96. The maximum absolute atomic E-state index is 13.6. The number of benzene rings is 4. The predicted octanol–water partition coefficient (Wildman–Crippen LogP) is 7.96. The van der Waals surface area contributed by atoms with Gasteiger partial charge in [0.05, 0.1) is 15.5 Å². The number of hydrogen-bond donors (Lipinski definition) is 3. The van der Waals surface area contributed by atoms with Crippen molar-refractivity contribution < 1.29 is 36.0 Å². The van der Waals surface area contributed by atoms with Crippen molar-refractivity contribution in [3.8, 4) is 0 Å². The first kappa shape index (κ1) is 56.1. The molecule has 0 spiro atoms. The molecule has 4 fully saturated rings. The van der Waals surface area contributed by atoms with Crippen molar-refractivity contribution in [2.75, 3.05) is 81.9 Å². The summed E-state index contributed by atoms with van der Waals surface area (Å²) < 4.78 is 56.5. The number of nitrogens with one attached hydrogen (secondary N) is 3. The molecular weight excluding hydrogens is 1120 g/mol. The van der Waals surface area contributed by atoms with Gasteiger partial charge in [0, 0.05) is 124 Å². The topological polar surface area (TPSA) is 189 Å². The molecule has 4 heterocycles. The molecule has 4 aromatic rings. The number of amides is 4. The third-order valence-electron chi connectivity index (χ3n) is 16.9. The van der Waals surface area contributed by atoms with E-state index in [2.05, 4.69) is 82.9 Å². The summed E-state index contributed by atoms with van der Waals surface area (Å²) in [6, 6.07) is 22.8. The van der Waals surface area contributed by atoms with E-state index in [-0.39, 0.29) is 39.0 Å². The van der Waals surface area contributed by atoms with Crippen LogP contribution in [0.25, 0.3) is 5.57 Å². The van der Waals surface area contributed by atoms with E-state index in [1.54, 1.807) is 17.0 Å². The van der Waals surface area contributed by atoms with Gasteiger partial charge in [-0.05, 0) is 152 Å². The number of piperazine rings is 2. The minimum absolute atomic E-state index is 0.150. The fourth-order valence-corrected chi connectivity index (χ4v) is 15.2. The fourth-order valence-electron chi connectivity index (χ4n) is 12.5. The quantitative estimate of drug-likeness (QED) is 0.0974. The lowest BCUT2D eigenvalue weighted by Crippen LogP contribution is -2.52. The molecule has 10 rings (SSSR count). The maximum Gasteiger partial charge on any atom is 0.264 e. The summed E-state index contributed by atoms with van der Waals surface area (Å²) in [6.07, 6.45) is 8.78. The number of carbonyl (C=O) groups is 4. The molecule has 4 aliphatic heterocycles. The molecule has 4 amide bonds. The van der Waals surface area contributed by atoms with Crippen LogP contribution in [0.15, 0.2) is 98.7 Å². The van der Waals surface area contributed by atoms with Crippen LogP contribution in [-0.2, 0) is 42.5 Å². The summed E-state index contributed by atoms with van der Waals surface area (Å²) >= 11 is 9.91. The van der Waals surface area contributed by atoms with Crippen LogP contribution in [0, 0.1) is 11.3 Å². The zero-order chi connectivity index (χ0) is 55.1. The second kappa shape index (κ2) is 23.1. The van der Waals surface area contributed by atoms with Crippen LogP contribution in [-0.4, -0.2) is 144 Å². The number of fused-ring (bicyclic) bond motifs is 1. The summed E-state index contributed by atoms with van der Waals surface area (Å²) in [6.45, 7) is 14.2. The molecule has 6 aliphatic rings. The maximum atomic E-state index is 13.6. The van der Waals surface area contributed by atoms with E-state index in [4.69, 9.17) is 11.6 Å². The molecule has 3 saturated heterocycles. The summed E-state index contributed by atoms with van der Waals surface area (Å²) in [5.74, 6) is -1.42. The highest BCUT2D eigenvalue weighted by molar-refractivity contribution is 9.10. The lowest BCUT2D eigenvalue weighted by atomic mass is 9.73. The van der Waals surface area contributed by atoms with Gasteiger partial charge in [-0.1, -0.05) is 59.1 Å².